The summed E-state index contributed by atoms with van der Waals surface area (Å²) in [6, 6.07) is 4.93. The molecule has 2 N–H and O–H groups in total. The summed E-state index contributed by atoms with van der Waals surface area (Å²) in [4.78, 5) is 26.7. The number of halogens is 1. The third-order valence-electron chi connectivity index (χ3n) is 5.74. The number of amides is 2. The van der Waals surface area contributed by atoms with Crippen LogP contribution in [0.2, 0.25) is 0 Å². The van der Waals surface area contributed by atoms with Crippen LogP contribution in [0.3, 0.4) is 0 Å². The van der Waals surface area contributed by atoms with Crippen LogP contribution in [-0.4, -0.2) is 44.4 Å². The van der Waals surface area contributed by atoms with Crippen LogP contribution in [0.4, 0.5) is 9.39 Å². The summed E-state index contributed by atoms with van der Waals surface area (Å²) in [5.74, 6) is -0.321. The topological polar surface area (TPSA) is 102 Å². The van der Waals surface area contributed by atoms with Crippen molar-refractivity contribution in [2.45, 2.75) is 38.6 Å². The lowest BCUT2D eigenvalue weighted by atomic mass is 9.88. The van der Waals surface area contributed by atoms with E-state index in [2.05, 4.69) is 17.6 Å². The number of ether oxygens (including phenoxy) is 1. The van der Waals surface area contributed by atoms with Gasteiger partial charge in [-0.25, -0.2) is 12.8 Å². The molecule has 7 nitrogen and oxygen atoms in total. The molecule has 0 radical (unpaired) electrons. The molecule has 2 aromatic rings. The van der Waals surface area contributed by atoms with Crippen LogP contribution in [0, 0.1) is 11.7 Å². The molecule has 1 fully saturated rings. The number of nitrogens with one attached hydrogen (secondary N) is 2. The van der Waals surface area contributed by atoms with Gasteiger partial charge in [-0.15, -0.1) is 11.3 Å². The van der Waals surface area contributed by atoms with E-state index in [1.807, 2.05) is 0 Å². The Kier molecular flexibility index (Phi) is 6.52. The molecule has 32 heavy (non-hydrogen) atoms. The highest BCUT2D eigenvalue weighted by atomic mass is 32.2. The zero-order chi connectivity index (χ0) is 22.9. The van der Waals surface area contributed by atoms with E-state index in [9.17, 15) is 22.4 Å². The van der Waals surface area contributed by atoms with Gasteiger partial charge >= 0.3 is 0 Å². The van der Waals surface area contributed by atoms with Crippen LogP contribution < -0.4 is 15.4 Å². The SMILES string of the molecule is C[C@@H]1CCc2c(sc(NC(=O)COc3ccc(F)cc3)c2C(=O)N[C@@H]2CCS(=O)(=O)C2)C1. The maximum atomic E-state index is 13.1. The van der Waals surface area contributed by atoms with Gasteiger partial charge in [0, 0.05) is 10.9 Å². The van der Waals surface area contributed by atoms with Crippen molar-refractivity contribution in [3.8, 4) is 5.75 Å². The summed E-state index contributed by atoms with van der Waals surface area (Å²) in [5, 5.41) is 6.09. The summed E-state index contributed by atoms with van der Waals surface area (Å²) in [7, 11) is -3.12. The van der Waals surface area contributed by atoms with E-state index in [1.165, 1.54) is 35.6 Å². The predicted octanol–water partition coefficient (Wildman–Crippen LogP) is 2.95. The lowest BCUT2D eigenvalue weighted by Crippen LogP contribution is -2.36. The molecule has 2 atom stereocenters. The van der Waals surface area contributed by atoms with Crippen LogP contribution >= 0.6 is 11.3 Å². The second-order valence-corrected chi connectivity index (χ2v) is 11.8. The van der Waals surface area contributed by atoms with E-state index < -0.39 is 27.6 Å². The minimum atomic E-state index is -3.12. The van der Waals surface area contributed by atoms with Gasteiger partial charge in [-0.2, -0.15) is 0 Å². The molecular weight excluding hydrogens is 455 g/mol. The lowest BCUT2D eigenvalue weighted by Gasteiger charge is -2.19. The number of carbonyl (C=O) groups is 2. The third-order valence-corrected chi connectivity index (χ3v) is 8.68. The summed E-state index contributed by atoms with van der Waals surface area (Å²) < 4.78 is 41.9. The largest absolute Gasteiger partial charge is 0.484 e. The quantitative estimate of drug-likeness (QED) is 0.662. The van der Waals surface area contributed by atoms with Crippen molar-refractivity contribution in [3.63, 3.8) is 0 Å². The molecule has 1 saturated heterocycles. The monoisotopic (exact) mass is 480 g/mol. The lowest BCUT2D eigenvalue weighted by molar-refractivity contribution is -0.118. The zero-order valence-electron chi connectivity index (χ0n) is 17.6. The van der Waals surface area contributed by atoms with Gasteiger partial charge < -0.3 is 15.4 Å². The zero-order valence-corrected chi connectivity index (χ0v) is 19.3. The van der Waals surface area contributed by atoms with Gasteiger partial charge in [0.1, 0.15) is 16.6 Å². The number of rotatable bonds is 6. The minimum absolute atomic E-state index is 0.0602. The van der Waals surface area contributed by atoms with Crippen molar-refractivity contribution in [3.05, 3.63) is 46.1 Å². The number of sulfone groups is 1. The van der Waals surface area contributed by atoms with Gasteiger partial charge in [0.2, 0.25) is 0 Å². The Morgan fingerprint density at radius 1 is 1.22 bits per heavy atom. The smallest absolute Gasteiger partial charge is 0.262 e. The van der Waals surface area contributed by atoms with E-state index in [0.717, 1.165) is 29.7 Å². The Bertz CT molecular complexity index is 1130. The van der Waals surface area contributed by atoms with Crippen molar-refractivity contribution in [2.75, 3.05) is 23.4 Å². The molecule has 1 aromatic carbocycles. The predicted molar refractivity (Wildman–Crippen MR) is 121 cm³/mol. The normalized spacial score (nSPS) is 21.6. The van der Waals surface area contributed by atoms with Gasteiger partial charge in [-0.3, -0.25) is 9.59 Å². The molecule has 10 heteroatoms. The average molecular weight is 481 g/mol. The van der Waals surface area contributed by atoms with Crippen molar-refractivity contribution in [1.82, 2.24) is 5.32 Å². The van der Waals surface area contributed by atoms with Gasteiger partial charge in [-0.1, -0.05) is 6.92 Å². The number of hydrogen-bond donors (Lipinski definition) is 2. The molecule has 1 aromatic heterocycles. The van der Waals surface area contributed by atoms with Crippen molar-refractivity contribution >= 4 is 38.0 Å². The minimum Gasteiger partial charge on any atom is -0.484 e. The first-order valence-electron chi connectivity index (χ1n) is 10.5. The van der Waals surface area contributed by atoms with Crippen LogP contribution in [0.15, 0.2) is 24.3 Å². The second-order valence-electron chi connectivity index (χ2n) is 8.42. The molecule has 2 aliphatic rings. The number of carbonyl (C=O) groups excluding carboxylic acids is 2. The fourth-order valence-corrected chi connectivity index (χ4v) is 7.19. The molecule has 0 saturated carbocycles. The summed E-state index contributed by atoms with van der Waals surface area (Å²) in [6.07, 6.45) is 2.91. The maximum absolute atomic E-state index is 13.1. The summed E-state index contributed by atoms with van der Waals surface area (Å²) >= 11 is 1.39. The molecular formula is C22H25FN2O5S2. The fraction of sp³-hybridized carbons (Fsp3) is 0.455. The molecule has 2 heterocycles. The van der Waals surface area contributed by atoms with Crippen LogP contribution in [-0.2, 0) is 27.5 Å². The summed E-state index contributed by atoms with van der Waals surface area (Å²) in [5.41, 5.74) is 1.36. The molecule has 0 unspecified atom stereocenters. The highest BCUT2D eigenvalue weighted by molar-refractivity contribution is 7.91. The molecule has 0 bridgehead atoms. The van der Waals surface area contributed by atoms with Gasteiger partial charge in [0.25, 0.3) is 11.8 Å². The highest BCUT2D eigenvalue weighted by Crippen LogP contribution is 2.39. The number of thiophene rings is 1. The molecule has 172 valence electrons. The number of fused-ring (bicyclic) bond motifs is 1. The Labute approximate surface area is 190 Å². The summed E-state index contributed by atoms with van der Waals surface area (Å²) in [6.45, 7) is 1.87. The molecule has 1 aliphatic carbocycles. The average Bonchev–Trinajstić information content (AvgIpc) is 3.25. The second kappa shape index (κ2) is 9.19. The van der Waals surface area contributed by atoms with Crippen molar-refractivity contribution in [2.24, 2.45) is 5.92 Å². The standard InChI is InChI=1S/C22H25FN2O5S2/c1-13-2-7-17-18(10-13)31-22(20(17)21(27)24-15-8-9-32(28,29)12-15)25-19(26)11-30-16-5-3-14(23)4-6-16/h3-6,13,15H,2,7-12H2,1H3,(H,24,27)(H,25,26)/t13-,15-/m1/s1. The molecule has 1 aliphatic heterocycles. The van der Waals surface area contributed by atoms with Crippen LogP contribution in [0.25, 0.3) is 0 Å². The highest BCUT2D eigenvalue weighted by Gasteiger charge is 2.33. The van der Waals surface area contributed by atoms with Gasteiger partial charge in [-0.05, 0) is 61.4 Å². The van der Waals surface area contributed by atoms with E-state index in [1.54, 1.807) is 0 Å². The number of hydrogen-bond acceptors (Lipinski definition) is 6. The third kappa shape index (κ3) is 5.29. The van der Waals surface area contributed by atoms with Gasteiger partial charge in [0.15, 0.2) is 16.4 Å². The van der Waals surface area contributed by atoms with E-state index >= 15 is 0 Å². The first kappa shape index (κ1) is 22.7. The first-order chi connectivity index (χ1) is 15.2. The van der Waals surface area contributed by atoms with Crippen LogP contribution in [0.5, 0.6) is 5.75 Å². The first-order valence-corrected chi connectivity index (χ1v) is 13.2. The van der Waals surface area contributed by atoms with Crippen LogP contribution in [0.1, 0.15) is 40.6 Å². The van der Waals surface area contributed by atoms with E-state index in [4.69, 9.17) is 4.74 Å². The molecule has 2 amide bonds. The Balaban J connectivity index is 1.49. The van der Waals surface area contributed by atoms with Gasteiger partial charge in [0.05, 0.1) is 17.1 Å². The fourth-order valence-electron chi connectivity index (χ4n) is 4.09. The number of benzene rings is 1. The van der Waals surface area contributed by atoms with E-state index in [0.29, 0.717) is 28.7 Å². The van der Waals surface area contributed by atoms with Crippen molar-refractivity contribution in [1.29, 1.82) is 0 Å². The van der Waals surface area contributed by atoms with Crippen molar-refractivity contribution < 1.29 is 27.1 Å². The Morgan fingerprint density at radius 2 is 1.97 bits per heavy atom. The van der Waals surface area contributed by atoms with E-state index in [-0.39, 0.29) is 24.0 Å². The molecule has 0 spiro atoms. The number of anilines is 1. The molecule has 4 rings (SSSR count). The maximum Gasteiger partial charge on any atom is 0.262 e. The Morgan fingerprint density at radius 3 is 2.66 bits per heavy atom. The Hall–Kier alpha value is -2.46.